The predicted octanol–water partition coefficient (Wildman–Crippen LogP) is 2.89. The van der Waals surface area contributed by atoms with Crippen LogP contribution >= 0.6 is 11.3 Å². The van der Waals surface area contributed by atoms with Crippen molar-refractivity contribution in [2.75, 3.05) is 13.7 Å². The lowest BCUT2D eigenvalue weighted by Gasteiger charge is -2.04. The van der Waals surface area contributed by atoms with Crippen molar-refractivity contribution in [1.82, 2.24) is 10.3 Å². The minimum atomic E-state index is 0.190. The summed E-state index contributed by atoms with van der Waals surface area (Å²) in [4.78, 5) is 16.2. The van der Waals surface area contributed by atoms with Gasteiger partial charge in [-0.2, -0.15) is 0 Å². The van der Waals surface area contributed by atoms with Gasteiger partial charge < -0.3 is 10.1 Å². The largest absolute Gasteiger partial charge is 0.496 e. The van der Waals surface area contributed by atoms with Gasteiger partial charge in [0.05, 0.1) is 18.4 Å². The van der Waals surface area contributed by atoms with Crippen LogP contribution in [-0.2, 0) is 11.2 Å². The highest BCUT2D eigenvalue weighted by Gasteiger charge is 2.29. The molecule has 0 saturated heterocycles. The highest BCUT2D eigenvalue weighted by Crippen LogP contribution is 2.32. The van der Waals surface area contributed by atoms with Crippen molar-refractivity contribution in [3.05, 3.63) is 35.3 Å². The zero-order valence-electron chi connectivity index (χ0n) is 12.0. The molecule has 0 aliphatic heterocycles. The number of amides is 1. The Morgan fingerprint density at radius 2 is 2.24 bits per heavy atom. The lowest BCUT2D eigenvalue weighted by Crippen LogP contribution is -2.26. The molecule has 1 aromatic heterocycles. The van der Waals surface area contributed by atoms with E-state index in [9.17, 15) is 4.79 Å². The summed E-state index contributed by atoms with van der Waals surface area (Å²) in [5.74, 6) is 1.29. The molecule has 1 aliphatic rings. The van der Waals surface area contributed by atoms with Crippen LogP contribution in [0.25, 0.3) is 10.6 Å². The Bertz CT molecular complexity index is 635. The molecule has 3 rings (SSSR count). The summed E-state index contributed by atoms with van der Waals surface area (Å²) in [6.45, 7) is 0.657. The van der Waals surface area contributed by atoms with E-state index in [4.69, 9.17) is 4.74 Å². The number of carbonyl (C=O) groups excluding carboxylic acids is 1. The first-order valence-electron chi connectivity index (χ1n) is 7.13. The number of thiazole rings is 1. The van der Waals surface area contributed by atoms with Crippen LogP contribution in [0.15, 0.2) is 29.6 Å². The normalized spacial score (nSPS) is 14.0. The number of para-hydroxylation sites is 1. The van der Waals surface area contributed by atoms with Crippen molar-refractivity contribution >= 4 is 17.2 Å². The number of hydrogen-bond donors (Lipinski definition) is 1. The van der Waals surface area contributed by atoms with Gasteiger partial charge in [-0.25, -0.2) is 4.98 Å². The van der Waals surface area contributed by atoms with Crippen LogP contribution in [0.5, 0.6) is 5.75 Å². The van der Waals surface area contributed by atoms with E-state index in [0.717, 1.165) is 41.3 Å². The lowest BCUT2D eigenvalue weighted by atomic mass is 10.2. The maximum absolute atomic E-state index is 11.6. The van der Waals surface area contributed by atoms with E-state index in [-0.39, 0.29) is 11.8 Å². The van der Waals surface area contributed by atoms with Crippen molar-refractivity contribution in [2.24, 2.45) is 5.92 Å². The summed E-state index contributed by atoms with van der Waals surface area (Å²) >= 11 is 1.61. The van der Waals surface area contributed by atoms with Gasteiger partial charge in [-0.3, -0.25) is 4.79 Å². The third-order valence-electron chi connectivity index (χ3n) is 3.52. The molecule has 2 aromatic rings. The van der Waals surface area contributed by atoms with E-state index in [1.165, 1.54) is 0 Å². The molecule has 0 atom stereocenters. The van der Waals surface area contributed by atoms with Gasteiger partial charge in [0.1, 0.15) is 10.8 Å². The monoisotopic (exact) mass is 302 g/mol. The number of nitrogens with one attached hydrogen (secondary N) is 1. The number of carbonyl (C=O) groups is 1. The Morgan fingerprint density at radius 3 is 3.00 bits per heavy atom. The summed E-state index contributed by atoms with van der Waals surface area (Å²) in [6.07, 6.45) is 2.85. The highest BCUT2D eigenvalue weighted by molar-refractivity contribution is 7.13. The van der Waals surface area contributed by atoms with Crippen molar-refractivity contribution in [2.45, 2.75) is 19.3 Å². The molecular weight excluding hydrogens is 284 g/mol. The first-order chi connectivity index (χ1) is 10.3. The maximum atomic E-state index is 11.6. The molecule has 1 fully saturated rings. The first-order valence-corrected chi connectivity index (χ1v) is 8.01. The summed E-state index contributed by atoms with van der Waals surface area (Å²) in [5, 5.41) is 5.97. The zero-order chi connectivity index (χ0) is 14.7. The minimum Gasteiger partial charge on any atom is -0.496 e. The van der Waals surface area contributed by atoms with Gasteiger partial charge in [0.25, 0.3) is 0 Å². The number of hydrogen-bond acceptors (Lipinski definition) is 4. The van der Waals surface area contributed by atoms with Crippen LogP contribution in [0.2, 0.25) is 0 Å². The van der Waals surface area contributed by atoms with Crippen LogP contribution in [-0.4, -0.2) is 24.5 Å². The zero-order valence-corrected chi connectivity index (χ0v) is 12.8. The summed E-state index contributed by atoms with van der Waals surface area (Å²) in [7, 11) is 1.67. The Hall–Kier alpha value is -1.88. The topological polar surface area (TPSA) is 51.2 Å². The number of nitrogens with zero attached hydrogens (tertiary/aromatic N) is 1. The van der Waals surface area contributed by atoms with Gasteiger partial charge in [0.2, 0.25) is 5.91 Å². The Morgan fingerprint density at radius 1 is 1.43 bits per heavy atom. The van der Waals surface area contributed by atoms with Crippen molar-refractivity contribution in [3.63, 3.8) is 0 Å². The molecular formula is C16H18N2O2S. The smallest absolute Gasteiger partial charge is 0.223 e. The Balaban J connectivity index is 1.61. The highest BCUT2D eigenvalue weighted by atomic mass is 32.1. The van der Waals surface area contributed by atoms with Gasteiger partial charge in [0.15, 0.2) is 0 Å². The number of rotatable bonds is 6. The molecule has 1 aliphatic carbocycles. The fraction of sp³-hybridized carbons (Fsp3) is 0.375. The third-order valence-corrected chi connectivity index (χ3v) is 4.44. The SMILES string of the molecule is COc1ccccc1-c1nc(CCNC(=O)C2CC2)cs1. The van der Waals surface area contributed by atoms with Crippen LogP contribution in [0, 0.1) is 5.92 Å². The minimum absolute atomic E-state index is 0.190. The van der Waals surface area contributed by atoms with Crippen LogP contribution < -0.4 is 10.1 Å². The Kier molecular flexibility index (Phi) is 4.20. The van der Waals surface area contributed by atoms with E-state index < -0.39 is 0 Å². The lowest BCUT2D eigenvalue weighted by molar-refractivity contribution is -0.122. The predicted molar refractivity (Wildman–Crippen MR) is 83.5 cm³/mol. The summed E-state index contributed by atoms with van der Waals surface area (Å²) < 4.78 is 5.36. The standard InChI is InChI=1S/C16H18N2O2S/c1-20-14-5-3-2-4-13(14)16-18-12(10-21-16)8-9-17-15(19)11-6-7-11/h2-5,10-11H,6-9H2,1H3,(H,17,19). The van der Waals surface area contributed by atoms with Crippen LogP contribution in [0.3, 0.4) is 0 Å². The molecule has 0 spiro atoms. The van der Waals surface area contributed by atoms with E-state index >= 15 is 0 Å². The molecule has 1 saturated carbocycles. The van der Waals surface area contributed by atoms with Crippen LogP contribution in [0.4, 0.5) is 0 Å². The third kappa shape index (κ3) is 3.42. The molecule has 0 radical (unpaired) electrons. The molecule has 1 aromatic carbocycles. The molecule has 5 heteroatoms. The van der Waals surface area contributed by atoms with Gasteiger partial charge in [-0.1, -0.05) is 12.1 Å². The summed E-state index contributed by atoms with van der Waals surface area (Å²) in [6, 6.07) is 7.88. The second-order valence-corrected chi connectivity index (χ2v) is 6.02. The van der Waals surface area contributed by atoms with Gasteiger partial charge in [-0.15, -0.1) is 11.3 Å². The molecule has 1 amide bonds. The van der Waals surface area contributed by atoms with Crippen molar-refractivity contribution < 1.29 is 9.53 Å². The average Bonchev–Trinajstić information content (AvgIpc) is 3.27. The van der Waals surface area contributed by atoms with E-state index in [2.05, 4.69) is 10.3 Å². The number of methoxy groups -OCH3 is 1. The fourth-order valence-electron chi connectivity index (χ4n) is 2.17. The molecule has 0 unspecified atom stereocenters. The van der Waals surface area contributed by atoms with E-state index in [1.807, 2.05) is 29.6 Å². The van der Waals surface area contributed by atoms with Gasteiger partial charge >= 0.3 is 0 Å². The van der Waals surface area contributed by atoms with E-state index in [0.29, 0.717) is 6.54 Å². The molecule has 1 heterocycles. The average molecular weight is 302 g/mol. The number of benzene rings is 1. The molecule has 110 valence electrons. The second kappa shape index (κ2) is 6.26. The van der Waals surface area contributed by atoms with Crippen molar-refractivity contribution in [1.29, 1.82) is 0 Å². The Labute approximate surface area is 128 Å². The second-order valence-electron chi connectivity index (χ2n) is 5.16. The number of aromatic nitrogens is 1. The summed E-state index contributed by atoms with van der Waals surface area (Å²) in [5.41, 5.74) is 2.02. The molecule has 21 heavy (non-hydrogen) atoms. The van der Waals surface area contributed by atoms with Crippen LogP contribution in [0.1, 0.15) is 18.5 Å². The maximum Gasteiger partial charge on any atom is 0.223 e. The molecule has 4 nitrogen and oxygen atoms in total. The first kappa shape index (κ1) is 14.1. The quantitative estimate of drug-likeness (QED) is 0.892. The van der Waals surface area contributed by atoms with E-state index in [1.54, 1.807) is 18.4 Å². The van der Waals surface area contributed by atoms with Crippen molar-refractivity contribution in [3.8, 4) is 16.3 Å². The molecule has 1 N–H and O–H groups in total. The molecule has 0 bridgehead atoms. The fourth-order valence-corrected chi connectivity index (χ4v) is 3.05. The number of ether oxygens (including phenoxy) is 1. The van der Waals surface area contributed by atoms with Gasteiger partial charge in [-0.05, 0) is 25.0 Å². The van der Waals surface area contributed by atoms with Gasteiger partial charge in [0, 0.05) is 24.3 Å².